The first-order valence-corrected chi connectivity index (χ1v) is 7.37. The van der Waals surface area contributed by atoms with Gasteiger partial charge < -0.3 is 9.64 Å². The smallest absolute Gasteiger partial charge is 0.129 e. The van der Waals surface area contributed by atoms with Gasteiger partial charge in [-0.2, -0.15) is 5.26 Å². The van der Waals surface area contributed by atoms with Gasteiger partial charge in [0, 0.05) is 23.7 Å². The van der Waals surface area contributed by atoms with E-state index >= 15 is 0 Å². The first-order valence-electron chi connectivity index (χ1n) is 6.99. The van der Waals surface area contributed by atoms with Gasteiger partial charge in [0.15, 0.2) is 0 Å². The lowest BCUT2D eigenvalue weighted by Crippen LogP contribution is -2.39. The van der Waals surface area contributed by atoms with Crippen LogP contribution in [0.3, 0.4) is 0 Å². The monoisotopic (exact) mass is 316 g/mol. The number of rotatable bonds is 2. The molecule has 0 amide bonds. The Morgan fingerprint density at radius 3 is 2.86 bits per heavy atom. The van der Waals surface area contributed by atoms with Crippen LogP contribution in [0.15, 0.2) is 42.5 Å². The largest absolute Gasteiger partial charge is 0.370 e. The van der Waals surface area contributed by atoms with Gasteiger partial charge in [0.1, 0.15) is 18.0 Å². The van der Waals surface area contributed by atoms with Crippen molar-refractivity contribution in [1.82, 2.24) is 0 Å². The predicted octanol–water partition coefficient (Wildman–Crippen LogP) is 3.93. The molecule has 2 aromatic carbocycles. The van der Waals surface area contributed by atoms with E-state index < -0.39 is 0 Å². The summed E-state index contributed by atoms with van der Waals surface area (Å²) in [6, 6.07) is 14.0. The van der Waals surface area contributed by atoms with Crippen molar-refractivity contribution in [3.8, 4) is 6.07 Å². The SMILES string of the molecule is N#Cc1cc(Cl)ccc1N1CCOC(c2ccccc2F)C1. The van der Waals surface area contributed by atoms with Gasteiger partial charge in [-0.05, 0) is 24.3 Å². The van der Waals surface area contributed by atoms with Gasteiger partial charge in [-0.3, -0.25) is 0 Å². The van der Waals surface area contributed by atoms with Crippen LogP contribution in [0.25, 0.3) is 0 Å². The van der Waals surface area contributed by atoms with Crippen LogP contribution < -0.4 is 4.90 Å². The number of morpholine rings is 1. The predicted molar refractivity (Wildman–Crippen MR) is 83.5 cm³/mol. The molecular weight excluding hydrogens is 303 g/mol. The lowest BCUT2D eigenvalue weighted by atomic mass is 10.1. The van der Waals surface area contributed by atoms with E-state index in [1.165, 1.54) is 6.07 Å². The molecule has 22 heavy (non-hydrogen) atoms. The second-order valence-electron chi connectivity index (χ2n) is 5.10. The van der Waals surface area contributed by atoms with Crippen LogP contribution in [0.1, 0.15) is 17.2 Å². The third kappa shape index (κ3) is 2.92. The molecule has 112 valence electrons. The van der Waals surface area contributed by atoms with Crippen molar-refractivity contribution in [2.24, 2.45) is 0 Å². The Morgan fingerprint density at radius 1 is 1.27 bits per heavy atom. The maximum atomic E-state index is 13.9. The van der Waals surface area contributed by atoms with Crippen LogP contribution >= 0.6 is 11.6 Å². The minimum Gasteiger partial charge on any atom is -0.370 e. The molecule has 5 heteroatoms. The summed E-state index contributed by atoms with van der Waals surface area (Å²) in [5.74, 6) is -0.272. The molecule has 2 aromatic rings. The van der Waals surface area contributed by atoms with Gasteiger partial charge >= 0.3 is 0 Å². The van der Waals surface area contributed by atoms with Gasteiger partial charge in [0.25, 0.3) is 0 Å². The number of hydrogen-bond donors (Lipinski definition) is 0. The van der Waals surface area contributed by atoms with E-state index in [0.29, 0.717) is 35.8 Å². The number of ether oxygens (including phenoxy) is 1. The molecule has 1 atom stereocenters. The molecule has 0 radical (unpaired) electrons. The Labute approximate surface area is 133 Å². The van der Waals surface area contributed by atoms with Crippen molar-refractivity contribution in [2.45, 2.75) is 6.10 Å². The van der Waals surface area contributed by atoms with E-state index in [-0.39, 0.29) is 11.9 Å². The zero-order chi connectivity index (χ0) is 15.5. The first-order chi connectivity index (χ1) is 10.7. The van der Waals surface area contributed by atoms with Crippen LogP contribution in [0, 0.1) is 17.1 Å². The second kappa shape index (κ2) is 6.35. The molecule has 1 saturated heterocycles. The van der Waals surface area contributed by atoms with Gasteiger partial charge in [-0.25, -0.2) is 4.39 Å². The number of nitrogens with zero attached hydrogens (tertiary/aromatic N) is 2. The van der Waals surface area contributed by atoms with E-state index in [9.17, 15) is 9.65 Å². The highest BCUT2D eigenvalue weighted by Gasteiger charge is 2.25. The molecule has 3 nitrogen and oxygen atoms in total. The van der Waals surface area contributed by atoms with Crippen molar-refractivity contribution in [3.63, 3.8) is 0 Å². The highest BCUT2D eigenvalue weighted by atomic mass is 35.5. The van der Waals surface area contributed by atoms with Crippen molar-refractivity contribution < 1.29 is 9.13 Å². The van der Waals surface area contributed by atoms with Crippen LogP contribution in [0.5, 0.6) is 0 Å². The Balaban J connectivity index is 1.88. The average Bonchev–Trinajstić information content (AvgIpc) is 2.55. The van der Waals surface area contributed by atoms with Crippen molar-refractivity contribution in [1.29, 1.82) is 5.26 Å². The lowest BCUT2D eigenvalue weighted by Gasteiger charge is -2.35. The molecule has 0 bridgehead atoms. The van der Waals surface area contributed by atoms with E-state index in [1.807, 2.05) is 11.0 Å². The molecule has 1 fully saturated rings. The fourth-order valence-corrected chi connectivity index (χ4v) is 2.84. The Hall–Kier alpha value is -2.09. The van der Waals surface area contributed by atoms with Crippen LogP contribution in [0.4, 0.5) is 10.1 Å². The maximum Gasteiger partial charge on any atom is 0.129 e. The fourth-order valence-electron chi connectivity index (χ4n) is 2.67. The summed E-state index contributed by atoms with van der Waals surface area (Å²) in [6.07, 6.45) is -0.350. The van der Waals surface area contributed by atoms with Crippen molar-refractivity contribution in [2.75, 3.05) is 24.6 Å². The molecule has 0 spiro atoms. The number of benzene rings is 2. The molecule has 0 saturated carbocycles. The first kappa shape index (κ1) is 14.8. The van der Waals surface area contributed by atoms with Crippen LogP contribution in [-0.2, 0) is 4.74 Å². The molecule has 0 N–H and O–H groups in total. The lowest BCUT2D eigenvalue weighted by molar-refractivity contribution is 0.0375. The highest BCUT2D eigenvalue weighted by Crippen LogP contribution is 2.30. The summed E-state index contributed by atoms with van der Waals surface area (Å²) in [5, 5.41) is 9.80. The standard InChI is InChI=1S/C17H14ClFN2O/c18-13-5-6-16(12(9-13)10-20)21-7-8-22-17(11-21)14-3-1-2-4-15(14)19/h1-6,9,17H,7-8,11H2. The molecule has 1 aliphatic rings. The summed E-state index contributed by atoms with van der Waals surface area (Å²) in [4.78, 5) is 2.04. The average molecular weight is 317 g/mol. The number of anilines is 1. The van der Waals surface area contributed by atoms with Crippen molar-refractivity contribution in [3.05, 3.63) is 64.4 Å². The Kier molecular flexibility index (Phi) is 4.28. The third-order valence-corrected chi connectivity index (χ3v) is 3.97. The van der Waals surface area contributed by atoms with E-state index in [4.69, 9.17) is 16.3 Å². The number of nitriles is 1. The molecule has 1 unspecified atom stereocenters. The van der Waals surface area contributed by atoms with Crippen LogP contribution in [0.2, 0.25) is 5.02 Å². The maximum absolute atomic E-state index is 13.9. The summed E-state index contributed by atoms with van der Waals surface area (Å²) in [6.45, 7) is 1.63. The quantitative estimate of drug-likeness (QED) is 0.842. The van der Waals surface area contributed by atoms with E-state index in [1.54, 1.807) is 30.3 Å². The Bertz CT molecular complexity index is 729. The molecule has 3 rings (SSSR count). The zero-order valence-corrected chi connectivity index (χ0v) is 12.6. The zero-order valence-electron chi connectivity index (χ0n) is 11.8. The van der Waals surface area contributed by atoms with Gasteiger partial charge in [-0.15, -0.1) is 0 Å². The fraction of sp³-hybridized carbons (Fsp3) is 0.235. The highest BCUT2D eigenvalue weighted by molar-refractivity contribution is 6.30. The third-order valence-electron chi connectivity index (χ3n) is 3.74. The van der Waals surface area contributed by atoms with Gasteiger partial charge in [0.2, 0.25) is 0 Å². The minimum atomic E-state index is -0.350. The topological polar surface area (TPSA) is 36.3 Å². The van der Waals surface area contributed by atoms with Gasteiger partial charge in [-0.1, -0.05) is 29.8 Å². The van der Waals surface area contributed by atoms with E-state index in [2.05, 4.69) is 6.07 Å². The van der Waals surface area contributed by atoms with Crippen LogP contribution in [-0.4, -0.2) is 19.7 Å². The minimum absolute atomic E-state index is 0.272. The summed E-state index contributed by atoms with van der Waals surface area (Å²) >= 11 is 5.94. The Morgan fingerprint density at radius 2 is 2.09 bits per heavy atom. The van der Waals surface area contributed by atoms with Gasteiger partial charge in [0.05, 0.1) is 17.9 Å². The summed E-state index contributed by atoms with van der Waals surface area (Å²) in [5.41, 5.74) is 1.86. The molecular formula is C17H14ClFN2O. The van der Waals surface area contributed by atoms with E-state index in [0.717, 1.165) is 5.69 Å². The van der Waals surface area contributed by atoms with Crippen molar-refractivity contribution >= 4 is 17.3 Å². The molecule has 1 heterocycles. The number of hydrogen-bond acceptors (Lipinski definition) is 3. The molecule has 0 aliphatic carbocycles. The number of halogens is 2. The normalized spacial score (nSPS) is 18.0. The molecule has 1 aliphatic heterocycles. The second-order valence-corrected chi connectivity index (χ2v) is 5.54. The summed E-state index contributed by atoms with van der Waals surface area (Å²) < 4.78 is 19.6. The molecule has 0 aromatic heterocycles. The summed E-state index contributed by atoms with van der Waals surface area (Å²) in [7, 11) is 0.